The van der Waals surface area contributed by atoms with E-state index in [4.69, 9.17) is 14.3 Å². The highest BCUT2D eigenvalue weighted by Gasteiger charge is 2.16. The van der Waals surface area contributed by atoms with Crippen molar-refractivity contribution in [3.05, 3.63) is 34.7 Å². The molecule has 2 rings (SSSR count). The van der Waals surface area contributed by atoms with E-state index in [1.54, 1.807) is 14.0 Å². The second-order valence-electron chi connectivity index (χ2n) is 4.73. The van der Waals surface area contributed by atoms with Gasteiger partial charge in [0.1, 0.15) is 17.9 Å². The Hall–Kier alpha value is -2.30. The van der Waals surface area contributed by atoms with Crippen molar-refractivity contribution in [2.75, 3.05) is 7.11 Å². The van der Waals surface area contributed by atoms with Gasteiger partial charge in [0.05, 0.1) is 12.8 Å². The minimum atomic E-state index is -0.932. The van der Waals surface area contributed by atoms with Gasteiger partial charge >= 0.3 is 5.97 Å². The molecule has 20 heavy (non-hydrogen) atoms. The molecule has 0 unspecified atom stereocenters. The SMILES string of the molecule is COc1cc(C)c(-c2nc(C)c(CC(=O)O)o2)cc1C. The number of hydrogen-bond donors (Lipinski definition) is 1. The van der Waals surface area contributed by atoms with E-state index in [1.165, 1.54) is 0 Å². The smallest absolute Gasteiger partial charge is 0.311 e. The number of aryl methyl sites for hydroxylation is 3. The maximum atomic E-state index is 10.8. The van der Waals surface area contributed by atoms with Crippen LogP contribution in [0.5, 0.6) is 5.75 Å². The molecule has 0 bridgehead atoms. The number of hydrogen-bond acceptors (Lipinski definition) is 4. The Kier molecular flexibility index (Phi) is 3.79. The van der Waals surface area contributed by atoms with Gasteiger partial charge in [0.15, 0.2) is 0 Å². The highest BCUT2D eigenvalue weighted by molar-refractivity contribution is 5.70. The van der Waals surface area contributed by atoms with E-state index < -0.39 is 5.97 Å². The summed E-state index contributed by atoms with van der Waals surface area (Å²) >= 11 is 0. The fraction of sp³-hybridized carbons (Fsp3) is 0.333. The molecule has 0 aliphatic carbocycles. The van der Waals surface area contributed by atoms with Gasteiger partial charge in [0.25, 0.3) is 0 Å². The molecule has 1 N–H and O–H groups in total. The number of carboxylic acid groups (broad SMARTS) is 1. The standard InChI is InChI=1S/C15H17NO4/c1-8-6-12(19-4)9(2)5-11(8)15-16-10(3)13(20-15)7-14(17)18/h5-6H,7H2,1-4H3,(H,17,18). The highest BCUT2D eigenvalue weighted by Crippen LogP contribution is 2.30. The van der Waals surface area contributed by atoms with Gasteiger partial charge in [0, 0.05) is 5.56 Å². The van der Waals surface area contributed by atoms with Crippen LogP contribution in [-0.2, 0) is 11.2 Å². The maximum Gasteiger partial charge on any atom is 0.311 e. The minimum Gasteiger partial charge on any atom is -0.496 e. The molecule has 0 fully saturated rings. The van der Waals surface area contributed by atoms with Crippen molar-refractivity contribution in [1.29, 1.82) is 0 Å². The van der Waals surface area contributed by atoms with Crippen molar-refractivity contribution < 1.29 is 19.1 Å². The number of methoxy groups -OCH3 is 1. The average molecular weight is 275 g/mol. The van der Waals surface area contributed by atoms with E-state index in [0.717, 1.165) is 22.4 Å². The Bertz CT molecular complexity index is 658. The third-order valence-corrected chi connectivity index (χ3v) is 3.18. The molecule has 0 saturated carbocycles. The van der Waals surface area contributed by atoms with Gasteiger partial charge in [-0.3, -0.25) is 4.79 Å². The number of rotatable bonds is 4. The number of carboxylic acids is 1. The van der Waals surface area contributed by atoms with Crippen LogP contribution in [0.25, 0.3) is 11.5 Å². The molecule has 0 amide bonds. The average Bonchev–Trinajstić information content (AvgIpc) is 2.72. The van der Waals surface area contributed by atoms with E-state index in [1.807, 2.05) is 26.0 Å². The summed E-state index contributed by atoms with van der Waals surface area (Å²) in [5, 5.41) is 8.83. The third kappa shape index (κ3) is 2.66. The van der Waals surface area contributed by atoms with E-state index in [-0.39, 0.29) is 6.42 Å². The topological polar surface area (TPSA) is 72.6 Å². The Morgan fingerprint density at radius 2 is 2.00 bits per heavy atom. The number of oxazole rings is 1. The monoisotopic (exact) mass is 275 g/mol. The van der Waals surface area contributed by atoms with Gasteiger partial charge in [-0.25, -0.2) is 4.98 Å². The summed E-state index contributed by atoms with van der Waals surface area (Å²) in [5.41, 5.74) is 3.40. The number of ether oxygens (including phenoxy) is 1. The van der Waals surface area contributed by atoms with E-state index in [9.17, 15) is 4.79 Å². The van der Waals surface area contributed by atoms with Gasteiger partial charge in [-0.15, -0.1) is 0 Å². The number of aliphatic carboxylic acids is 1. The zero-order valence-electron chi connectivity index (χ0n) is 12.0. The van der Waals surface area contributed by atoms with E-state index in [2.05, 4.69) is 4.98 Å². The molecule has 0 saturated heterocycles. The van der Waals surface area contributed by atoms with Crippen molar-refractivity contribution in [3.63, 3.8) is 0 Å². The number of benzene rings is 1. The molecule has 106 valence electrons. The molecular weight excluding hydrogens is 258 g/mol. The van der Waals surface area contributed by atoms with Crippen molar-refractivity contribution in [1.82, 2.24) is 4.98 Å². The maximum absolute atomic E-state index is 10.8. The van der Waals surface area contributed by atoms with Crippen LogP contribution in [0.15, 0.2) is 16.5 Å². The molecule has 0 spiro atoms. The molecule has 5 nitrogen and oxygen atoms in total. The summed E-state index contributed by atoms with van der Waals surface area (Å²) in [4.78, 5) is 15.1. The molecule has 0 aliphatic rings. The lowest BCUT2D eigenvalue weighted by Gasteiger charge is -2.08. The summed E-state index contributed by atoms with van der Waals surface area (Å²) in [5.74, 6) is 0.709. The molecule has 0 aliphatic heterocycles. The van der Waals surface area contributed by atoms with E-state index in [0.29, 0.717) is 17.3 Å². The summed E-state index contributed by atoms with van der Waals surface area (Å²) in [7, 11) is 1.63. The van der Waals surface area contributed by atoms with E-state index >= 15 is 0 Å². The lowest BCUT2D eigenvalue weighted by Crippen LogP contribution is -1.99. The van der Waals surface area contributed by atoms with Crippen LogP contribution in [0.1, 0.15) is 22.6 Å². The van der Waals surface area contributed by atoms with Crippen LogP contribution in [0.3, 0.4) is 0 Å². The van der Waals surface area contributed by atoms with Crippen LogP contribution >= 0.6 is 0 Å². The molecule has 2 aromatic rings. The molecule has 5 heteroatoms. The normalized spacial score (nSPS) is 10.6. The summed E-state index contributed by atoms with van der Waals surface area (Å²) in [6.07, 6.45) is -0.160. The minimum absolute atomic E-state index is 0.160. The molecular formula is C15H17NO4. The third-order valence-electron chi connectivity index (χ3n) is 3.18. The Labute approximate surface area is 117 Å². The number of aromatic nitrogens is 1. The summed E-state index contributed by atoms with van der Waals surface area (Å²) in [6.45, 7) is 5.63. The molecule has 0 radical (unpaired) electrons. The zero-order chi connectivity index (χ0) is 14.9. The predicted octanol–water partition coefficient (Wildman–Crippen LogP) is 2.90. The summed E-state index contributed by atoms with van der Waals surface area (Å²) in [6, 6.07) is 3.85. The van der Waals surface area contributed by atoms with Crippen LogP contribution < -0.4 is 4.74 Å². The van der Waals surface area contributed by atoms with Crippen molar-refractivity contribution in [3.8, 4) is 17.2 Å². The van der Waals surface area contributed by atoms with Crippen LogP contribution in [0.4, 0.5) is 0 Å². The van der Waals surface area contributed by atoms with Crippen LogP contribution in [0, 0.1) is 20.8 Å². The van der Waals surface area contributed by atoms with Gasteiger partial charge in [-0.1, -0.05) is 0 Å². The first-order chi connectivity index (χ1) is 9.42. The van der Waals surface area contributed by atoms with Gasteiger partial charge in [-0.05, 0) is 44.0 Å². The first kappa shape index (κ1) is 14.1. The molecule has 1 aromatic carbocycles. The van der Waals surface area contributed by atoms with Crippen molar-refractivity contribution >= 4 is 5.97 Å². The first-order valence-electron chi connectivity index (χ1n) is 6.26. The Morgan fingerprint density at radius 3 is 2.60 bits per heavy atom. The molecule has 0 atom stereocenters. The lowest BCUT2D eigenvalue weighted by molar-refractivity contribution is -0.136. The van der Waals surface area contributed by atoms with Gasteiger partial charge < -0.3 is 14.3 Å². The second-order valence-corrected chi connectivity index (χ2v) is 4.73. The molecule has 1 heterocycles. The first-order valence-corrected chi connectivity index (χ1v) is 6.26. The van der Waals surface area contributed by atoms with Gasteiger partial charge in [-0.2, -0.15) is 0 Å². The Balaban J connectivity index is 2.46. The van der Waals surface area contributed by atoms with Crippen molar-refractivity contribution in [2.24, 2.45) is 0 Å². The number of carbonyl (C=O) groups is 1. The molecule has 1 aromatic heterocycles. The Morgan fingerprint density at radius 1 is 1.30 bits per heavy atom. The van der Waals surface area contributed by atoms with Crippen LogP contribution in [0.2, 0.25) is 0 Å². The van der Waals surface area contributed by atoms with Gasteiger partial charge in [0.2, 0.25) is 5.89 Å². The fourth-order valence-corrected chi connectivity index (χ4v) is 2.08. The largest absolute Gasteiger partial charge is 0.496 e. The summed E-state index contributed by atoms with van der Waals surface area (Å²) < 4.78 is 10.9. The second kappa shape index (κ2) is 5.36. The fourth-order valence-electron chi connectivity index (χ4n) is 2.08. The van der Waals surface area contributed by atoms with Crippen LogP contribution in [-0.4, -0.2) is 23.2 Å². The predicted molar refractivity (Wildman–Crippen MR) is 74.0 cm³/mol. The zero-order valence-corrected chi connectivity index (χ0v) is 12.0. The highest BCUT2D eigenvalue weighted by atomic mass is 16.5. The quantitative estimate of drug-likeness (QED) is 0.928. The lowest BCUT2D eigenvalue weighted by atomic mass is 10.0. The number of nitrogens with zero attached hydrogens (tertiary/aromatic N) is 1. The van der Waals surface area contributed by atoms with Crippen molar-refractivity contribution in [2.45, 2.75) is 27.2 Å².